The van der Waals surface area contributed by atoms with Crippen molar-refractivity contribution < 1.29 is 29.0 Å². The molecule has 0 spiro atoms. The van der Waals surface area contributed by atoms with Gasteiger partial charge in [-0.25, -0.2) is 0 Å². The first-order valence-corrected chi connectivity index (χ1v) is 15.2. The van der Waals surface area contributed by atoms with Crippen LogP contribution in [0.2, 0.25) is 5.02 Å². The summed E-state index contributed by atoms with van der Waals surface area (Å²) >= 11 is 6.45. The molecule has 3 aromatic carbocycles. The van der Waals surface area contributed by atoms with Crippen LogP contribution in [-0.2, 0) is 32.3 Å². The van der Waals surface area contributed by atoms with E-state index in [0.29, 0.717) is 18.4 Å². The summed E-state index contributed by atoms with van der Waals surface area (Å²) in [7, 11) is 1.42. The van der Waals surface area contributed by atoms with E-state index in [0.717, 1.165) is 16.7 Å². The van der Waals surface area contributed by atoms with E-state index in [-0.39, 0.29) is 53.2 Å². The molecule has 0 bridgehead atoms. The van der Waals surface area contributed by atoms with Gasteiger partial charge in [0.05, 0.1) is 48.9 Å². The smallest absolute Gasteiger partial charge is 0.234 e. The molecule has 2 aliphatic carbocycles. The van der Waals surface area contributed by atoms with Gasteiger partial charge in [0.2, 0.25) is 23.6 Å². The number of amides is 4. The number of carbonyl (C=O) groups is 4. The molecular formula is C35H31ClN2O6. The molecule has 0 radical (unpaired) electrons. The van der Waals surface area contributed by atoms with Crippen LogP contribution in [0, 0.1) is 29.6 Å². The van der Waals surface area contributed by atoms with Crippen LogP contribution in [0.4, 0.5) is 0 Å². The number of aromatic hydroxyl groups is 1. The number of ether oxygens (including phenoxy) is 1. The maximum absolute atomic E-state index is 14.2. The van der Waals surface area contributed by atoms with E-state index in [4.69, 9.17) is 16.3 Å². The number of benzene rings is 3. The van der Waals surface area contributed by atoms with Crippen molar-refractivity contribution in [1.82, 2.24) is 9.80 Å². The number of halogens is 1. The third-order valence-corrected chi connectivity index (χ3v) is 10.1. The summed E-state index contributed by atoms with van der Waals surface area (Å²) in [5, 5.41) is 10.6. The van der Waals surface area contributed by atoms with Gasteiger partial charge in [0.1, 0.15) is 0 Å². The lowest BCUT2D eigenvalue weighted by molar-refractivity contribution is -0.142. The van der Waals surface area contributed by atoms with E-state index in [1.165, 1.54) is 16.9 Å². The highest BCUT2D eigenvalue weighted by molar-refractivity contribution is 6.32. The lowest BCUT2D eigenvalue weighted by Gasteiger charge is -2.44. The molecule has 224 valence electrons. The second-order valence-electron chi connectivity index (χ2n) is 12.1. The molecule has 2 heterocycles. The van der Waals surface area contributed by atoms with Crippen molar-refractivity contribution in [2.24, 2.45) is 29.6 Å². The lowest BCUT2D eigenvalue weighted by Crippen LogP contribution is -2.43. The van der Waals surface area contributed by atoms with E-state index in [1.807, 2.05) is 66.7 Å². The number of rotatable bonds is 6. The molecule has 2 aliphatic heterocycles. The fourth-order valence-electron chi connectivity index (χ4n) is 7.87. The zero-order chi connectivity index (χ0) is 30.7. The fourth-order valence-corrected chi connectivity index (χ4v) is 8.09. The molecule has 1 N–H and O–H groups in total. The standard InChI is InChI=1S/C35H31ClN2O6/c1-44-27-15-21(14-26(36)31(27)39)28-22-12-13-23-29(34(42)37(32(23)40)17-19-8-4-2-5-9-19)24(22)16-25-30(28)35(43)38(33(25)41)18-20-10-6-3-7-11-20/h2-12,14-15,23-25,28-30,39H,13,16-18H2,1H3/t23-,24+,25+,28-,29-,30+/m0/s1. The summed E-state index contributed by atoms with van der Waals surface area (Å²) in [6.45, 7) is 0.339. The van der Waals surface area contributed by atoms with E-state index in [1.54, 1.807) is 12.1 Å². The summed E-state index contributed by atoms with van der Waals surface area (Å²) in [5.41, 5.74) is 3.18. The van der Waals surface area contributed by atoms with Crippen molar-refractivity contribution in [3.05, 3.63) is 106 Å². The predicted molar refractivity (Wildman–Crippen MR) is 161 cm³/mol. The van der Waals surface area contributed by atoms with E-state index < -0.39 is 35.5 Å². The molecule has 4 aliphatic rings. The van der Waals surface area contributed by atoms with Crippen molar-refractivity contribution in [3.63, 3.8) is 0 Å². The molecule has 3 aromatic rings. The molecule has 6 atom stereocenters. The number of nitrogens with zero attached hydrogens (tertiary/aromatic N) is 2. The number of phenolic OH excluding ortho intramolecular Hbond substituents is 1. The Morgan fingerprint density at radius 1 is 0.773 bits per heavy atom. The molecule has 4 amide bonds. The molecule has 8 nitrogen and oxygen atoms in total. The highest BCUT2D eigenvalue weighted by atomic mass is 35.5. The molecule has 0 aromatic heterocycles. The number of carbonyl (C=O) groups excluding carboxylic acids is 4. The number of hydrogen-bond donors (Lipinski definition) is 1. The normalized spacial score (nSPS) is 27.6. The highest BCUT2D eigenvalue weighted by Gasteiger charge is 2.61. The van der Waals surface area contributed by atoms with Gasteiger partial charge in [-0.2, -0.15) is 0 Å². The number of methoxy groups -OCH3 is 1. The Labute approximate surface area is 259 Å². The monoisotopic (exact) mass is 610 g/mol. The van der Waals surface area contributed by atoms with Crippen LogP contribution in [0.5, 0.6) is 11.5 Å². The second kappa shape index (κ2) is 10.9. The zero-order valence-corrected chi connectivity index (χ0v) is 24.8. The summed E-state index contributed by atoms with van der Waals surface area (Å²) < 4.78 is 5.40. The number of fused-ring (bicyclic) bond motifs is 4. The van der Waals surface area contributed by atoms with Crippen LogP contribution in [0.15, 0.2) is 84.4 Å². The quantitative estimate of drug-likeness (QED) is 0.308. The molecule has 7 rings (SSSR count). The Morgan fingerprint density at radius 3 is 1.93 bits per heavy atom. The minimum atomic E-state index is -0.719. The Balaban J connectivity index is 1.30. The van der Waals surface area contributed by atoms with Gasteiger partial charge in [-0.05, 0) is 47.6 Å². The predicted octanol–water partition coefficient (Wildman–Crippen LogP) is 5.09. The van der Waals surface area contributed by atoms with Gasteiger partial charge in [-0.1, -0.05) is 83.9 Å². The molecular weight excluding hydrogens is 580 g/mol. The van der Waals surface area contributed by atoms with E-state index in [9.17, 15) is 24.3 Å². The van der Waals surface area contributed by atoms with E-state index in [2.05, 4.69) is 0 Å². The molecule has 3 fully saturated rings. The Morgan fingerprint density at radius 2 is 1.34 bits per heavy atom. The van der Waals surface area contributed by atoms with Crippen LogP contribution in [0.25, 0.3) is 0 Å². The molecule has 44 heavy (non-hydrogen) atoms. The summed E-state index contributed by atoms with van der Waals surface area (Å²) in [6.07, 6.45) is 2.65. The Bertz CT molecular complexity index is 1710. The van der Waals surface area contributed by atoms with Crippen molar-refractivity contribution >= 4 is 35.2 Å². The van der Waals surface area contributed by atoms with Gasteiger partial charge < -0.3 is 9.84 Å². The third-order valence-electron chi connectivity index (χ3n) is 9.83. The first-order chi connectivity index (χ1) is 21.3. The van der Waals surface area contributed by atoms with Crippen LogP contribution in [0.3, 0.4) is 0 Å². The van der Waals surface area contributed by atoms with Gasteiger partial charge in [0.15, 0.2) is 11.5 Å². The summed E-state index contributed by atoms with van der Waals surface area (Å²) in [5.74, 6) is -4.61. The average Bonchev–Trinajstić information content (AvgIpc) is 3.42. The van der Waals surface area contributed by atoms with E-state index >= 15 is 0 Å². The van der Waals surface area contributed by atoms with Gasteiger partial charge in [0.25, 0.3) is 0 Å². The first kappa shape index (κ1) is 28.3. The summed E-state index contributed by atoms with van der Waals surface area (Å²) in [4.78, 5) is 58.5. The SMILES string of the molecule is COc1cc([C@H]2C3=CC[C@@H]4C(=O)N(Cc5ccccc5)C(=O)[C@@H]4[C@@H]3C[C@H]3C(=O)N(Cc4ccccc4)C(=O)[C@@H]23)cc(Cl)c1O. The van der Waals surface area contributed by atoms with Crippen LogP contribution in [0.1, 0.15) is 35.4 Å². The number of phenols is 1. The fraction of sp³-hybridized carbons (Fsp3) is 0.314. The maximum atomic E-state index is 14.2. The van der Waals surface area contributed by atoms with Gasteiger partial charge in [-0.3, -0.25) is 29.0 Å². The van der Waals surface area contributed by atoms with Crippen LogP contribution < -0.4 is 4.74 Å². The molecule has 9 heteroatoms. The van der Waals surface area contributed by atoms with Gasteiger partial charge in [0, 0.05) is 5.92 Å². The molecule has 1 saturated carbocycles. The van der Waals surface area contributed by atoms with Crippen molar-refractivity contribution in [2.45, 2.75) is 31.8 Å². The maximum Gasteiger partial charge on any atom is 0.234 e. The van der Waals surface area contributed by atoms with Crippen molar-refractivity contribution in [2.75, 3.05) is 7.11 Å². The highest BCUT2D eigenvalue weighted by Crippen LogP contribution is 2.58. The number of hydrogen-bond acceptors (Lipinski definition) is 6. The Hall–Kier alpha value is -4.43. The van der Waals surface area contributed by atoms with Crippen molar-refractivity contribution in [1.29, 1.82) is 0 Å². The van der Waals surface area contributed by atoms with Crippen LogP contribution in [-0.4, -0.2) is 45.6 Å². The molecule has 0 unspecified atom stereocenters. The number of imide groups is 2. The first-order valence-electron chi connectivity index (χ1n) is 14.8. The van der Waals surface area contributed by atoms with Gasteiger partial charge >= 0.3 is 0 Å². The topological polar surface area (TPSA) is 104 Å². The van der Waals surface area contributed by atoms with Crippen LogP contribution >= 0.6 is 11.6 Å². The van der Waals surface area contributed by atoms with Crippen molar-refractivity contribution in [3.8, 4) is 11.5 Å². The zero-order valence-electron chi connectivity index (χ0n) is 24.1. The second-order valence-corrected chi connectivity index (χ2v) is 12.5. The number of allylic oxidation sites excluding steroid dienone is 2. The minimum Gasteiger partial charge on any atom is -0.503 e. The lowest BCUT2D eigenvalue weighted by atomic mass is 9.57. The Kier molecular flexibility index (Phi) is 7.04. The summed E-state index contributed by atoms with van der Waals surface area (Å²) in [6, 6.07) is 22.0. The largest absolute Gasteiger partial charge is 0.503 e. The molecule has 2 saturated heterocycles. The minimum absolute atomic E-state index is 0.0615. The number of likely N-dealkylation sites (tertiary alicyclic amines) is 2. The third kappa shape index (κ3) is 4.42. The van der Waals surface area contributed by atoms with Gasteiger partial charge in [-0.15, -0.1) is 0 Å². The average molecular weight is 611 g/mol.